The molecule has 1 aliphatic heterocycles. The van der Waals surface area contributed by atoms with Crippen LogP contribution in [0.5, 0.6) is 0 Å². The van der Waals surface area contributed by atoms with E-state index in [-0.39, 0.29) is 11.8 Å². The Balaban J connectivity index is 1.70. The van der Waals surface area contributed by atoms with Crippen molar-refractivity contribution in [2.45, 2.75) is 32.5 Å². The molecule has 0 aromatic heterocycles. The molecule has 2 aromatic carbocycles. The average Bonchev–Trinajstić information content (AvgIpc) is 2.98. The summed E-state index contributed by atoms with van der Waals surface area (Å²) >= 11 is 1.69. The second kappa shape index (κ2) is 8.41. The predicted octanol–water partition coefficient (Wildman–Crippen LogP) is 3.39. The molecular weight excluding hydrogens is 344 g/mol. The van der Waals surface area contributed by atoms with Crippen LogP contribution in [-0.2, 0) is 17.9 Å². The zero-order chi connectivity index (χ0) is 18.5. The topological polar surface area (TPSA) is 49.4 Å². The molecule has 3 rings (SSSR count). The van der Waals surface area contributed by atoms with E-state index in [0.717, 1.165) is 16.9 Å². The third-order valence-corrected chi connectivity index (χ3v) is 5.35. The number of aryl methyl sites for hydroxylation is 1. The standard InChI is InChI=1S/C21H24N2O2S/c1-15-7-9-16(10-8-15)13-22-20(24)19(11-12-26-2)23-14-17-5-3-4-6-18(17)21(23)25/h3-10,19H,11-14H2,1-2H3,(H,22,24)/t19-/m0/s1. The molecular formula is C21H24N2O2S. The SMILES string of the molecule is CSCC[C@@H](C(=O)NCc1ccc(C)cc1)N1Cc2ccccc2C1=O. The van der Waals surface area contributed by atoms with Gasteiger partial charge in [0.1, 0.15) is 6.04 Å². The molecule has 0 unspecified atom stereocenters. The molecule has 0 saturated carbocycles. The summed E-state index contributed by atoms with van der Waals surface area (Å²) in [5.74, 6) is 0.709. The summed E-state index contributed by atoms with van der Waals surface area (Å²) in [5.41, 5.74) is 3.97. The molecule has 1 atom stereocenters. The zero-order valence-corrected chi connectivity index (χ0v) is 16.0. The lowest BCUT2D eigenvalue weighted by Gasteiger charge is -2.27. The fraction of sp³-hybridized carbons (Fsp3) is 0.333. The number of nitrogens with zero attached hydrogens (tertiary/aromatic N) is 1. The number of hydrogen-bond donors (Lipinski definition) is 1. The smallest absolute Gasteiger partial charge is 0.255 e. The number of carbonyl (C=O) groups is 2. The van der Waals surface area contributed by atoms with Gasteiger partial charge in [0.25, 0.3) is 5.91 Å². The van der Waals surface area contributed by atoms with E-state index in [9.17, 15) is 9.59 Å². The van der Waals surface area contributed by atoms with Crippen molar-refractivity contribution in [2.24, 2.45) is 0 Å². The minimum absolute atomic E-state index is 0.0443. The fourth-order valence-electron chi connectivity index (χ4n) is 3.20. The Labute approximate surface area is 159 Å². The maximum absolute atomic E-state index is 12.9. The summed E-state index contributed by atoms with van der Waals surface area (Å²) in [6.07, 6.45) is 2.67. The van der Waals surface area contributed by atoms with Crippen LogP contribution < -0.4 is 5.32 Å². The first-order valence-corrected chi connectivity index (χ1v) is 10.2. The molecule has 0 spiro atoms. The van der Waals surface area contributed by atoms with Crippen LogP contribution in [0.1, 0.15) is 33.5 Å². The predicted molar refractivity (Wildman–Crippen MR) is 106 cm³/mol. The highest BCUT2D eigenvalue weighted by Crippen LogP contribution is 2.26. The van der Waals surface area contributed by atoms with Crippen LogP contribution in [0.15, 0.2) is 48.5 Å². The molecule has 0 bridgehead atoms. The van der Waals surface area contributed by atoms with Gasteiger partial charge in [-0.1, -0.05) is 48.0 Å². The minimum atomic E-state index is -0.437. The first kappa shape index (κ1) is 18.5. The fourth-order valence-corrected chi connectivity index (χ4v) is 3.66. The number of rotatable bonds is 7. The summed E-state index contributed by atoms with van der Waals surface area (Å²) in [6, 6.07) is 15.3. The van der Waals surface area contributed by atoms with Gasteiger partial charge in [-0.15, -0.1) is 0 Å². The molecule has 1 aliphatic rings. The van der Waals surface area contributed by atoms with E-state index in [1.165, 1.54) is 5.56 Å². The van der Waals surface area contributed by atoms with Crippen LogP contribution in [0.4, 0.5) is 0 Å². The second-order valence-corrected chi connectivity index (χ2v) is 7.58. The molecule has 2 amide bonds. The highest BCUT2D eigenvalue weighted by Gasteiger charge is 2.35. The van der Waals surface area contributed by atoms with Crippen molar-refractivity contribution in [3.05, 3.63) is 70.8 Å². The highest BCUT2D eigenvalue weighted by molar-refractivity contribution is 7.98. The van der Waals surface area contributed by atoms with Crippen LogP contribution in [0.2, 0.25) is 0 Å². The molecule has 0 aliphatic carbocycles. The number of amides is 2. The second-order valence-electron chi connectivity index (χ2n) is 6.59. The van der Waals surface area contributed by atoms with Gasteiger partial charge in [-0.05, 0) is 42.5 Å². The van der Waals surface area contributed by atoms with E-state index in [0.29, 0.717) is 25.1 Å². The van der Waals surface area contributed by atoms with Gasteiger partial charge in [-0.3, -0.25) is 9.59 Å². The lowest BCUT2D eigenvalue weighted by Crippen LogP contribution is -2.47. The molecule has 4 nitrogen and oxygen atoms in total. The first-order chi connectivity index (χ1) is 12.6. The molecule has 1 N–H and O–H groups in total. The highest BCUT2D eigenvalue weighted by atomic mass is 32.2. The van der Waals surface area contributed by atoms with Crippen molar-refractivity contribution in [1.29, 1.82) is 0 Å². The Morgan fingerprint density at radius 1 is 1.19 bits per heavy atom. The summed E-state index contributed by atoms with van der Waals surface area (Å²) in [5, 5.41) is 3.01. The van der Waals surface area contributed by atoms with Crippen LogP contribution in [0.3, 0.4) is 0 Å². The van der Waals surface area contributed by atoms with E-state index < -0.39 is 6.04 Å². The van der Waals surface area contributed by atoms with Gasteiger partial charge < -0.3 is 10.2 Å². The van der Waals surface area contributed by atoms with Crippen LogP contribution in [0, 0.1) is 6.92 Å². The van der Waals surface area contributed by atoms with Crippen LogP contribution >= 0.6 is 11.8 Å². The van der Waals surface area contributed by atoms with Gasteiger partial charge in [-0.25, -0.2) is 0 Å². The molecule has 0 fully saturated rings. The number of benzene rings is 2. The van der Waals surface area contributed by atoms with Crippen LogP contribution in [-0.4, -0.2) is 34.8 Å². The van der Waals surface area contributed by atoms with E-state index in [2.05, 4.69) is 5.32 Å². The lowest BCUT2D eigenvalue weighted by atomic mass is 10.1. The van der Waals surface area contributed by atoms with Gasteiger partial charge in [0.15, 0.2) is 0 Å². The monoisotopic (exact) mass is 368 g/mol. The zero-order valence-electron chi connectivity index (χ0n) is 15.2. The summed E-state index contributed by atoms with van der Waals surface area (Å²) in [6.45, 7) is 3.02. The first-order valence-electron chi connectivity index (χ1n) is 8.81. The minimum Gasteiger partial charge on any atom is -0.350 e. The summed E-state index contributed by atoms with van der Waals surface area (Å²) < 4.78 is 0. The van der Waals surface area contributed by atoms with Gasteiger partial charge in [0, 0.05) is 18.7 Å². The lowest BCUT2D eigenvalue weighted by molar-refractivity contribution is -0.126. The van der Waals surface area contributed by atoms with E-state index in [1.54, 1.807) is 16.7 Å². The van der Waals surface area contributed by atoms with E-state index in [4.69, 9.17) is 0 Å². The van der Waals surface area contributed by atoms with Crippen molar-refractivity contribution >= 4 is 23.6 Å². The van der Waals surface area contributed by atoms with Crippen molar-refractivity contribution in [2.75, 3.05) is 12.0 Å². The number of fused-ring (bicyclic) bond motifs is 1. The quantitative estimate of drug-likeness (QED) is 0.815. The third kappa shape index (κ3) is 4.10. The van der Waals surface area contributed by atoms with Crippen LogP contribution in [0.25, 0.3) is 0 Å². The Hall–Kier alpha value is -2.27. The van der Waals surface area contributed by atoms with Gasteiger partial charge >= 0.3 is 0 Å². The van der Waals surface area contributed by atoms with Gasteiger partial charge in [-0.2, -0.15) is 11.8 Å². The Morgan fingerprint density at radius 3 is 2.62 bits per heavy atom. The van der Waals surface area contributed by atoms with E-state index >= 15 is 0 Å². The largest absolute Gasteiger partial charge is 0.350 e. The molecule has 0 saturated heterocycles. The normalized spacial score (nSPS) is 14.2. The maximum atomic E-state index is 12.9. The van der Waals surface area contributed by atoms with Crippen molar-refractivity contribution in [3.8, 4) is 0 Å². The Bertz CT molecular complexity index is 789. The summed E-state index contributed by atoms with van der Waals surface area (Å²) in [4.78, 5) is 27.3. The van der Waals surface area contributed by atoms with Gasteiger partial charge in [0.05, 0.1) is 0 Å². The molecule has 136 valence electrons. The third-order valence-electron chi connectivity index (χ3n) is 4.71. The number of hydrogen-bond acceptors (Lipinski definition) is 3. The molecule has 5 heteroatoms. The van der Waals surface area contributed by atoms with Crippen molar-refractivity contribution in [1.82, 2.24) is 10.2 Å². The average molecular weight is 369 g/mol. The van der Waals surface area contributed by atoms with Crippen molar-refractivity contribution < 1.29 is 9.59 Å². The number of thioether (sulfide) groups is 1. The molecule has 1 heterocycles. The molecule has 26 heavy (non-hydrogen) atoms. The Kier molecular flexibility index (Phi) is 5.99. The number of nitrogens with one attached hydrogen (secondary N) is 1. The summed E-state index contributed by atoms with van der Waals surface area (Å²) in [7, 11) is 0. The van der Waals surface area contributed by atoms with E-state index in [1.807, 2.05) is 61.7 Å². The maximum Gasteiger partial charge on any atom is 0.255 e. The van der Waals surface area contributed by atoms with Gasteiger partial charge in [0.2, 0.25) is 5.91 Å². The number of carbonyl (C=O) groups excluding carboxylic acids is 2. The van der Waals surface area contributed by atoms with Crippen molar-refractivity contribution in [3.63, 3.8) is 0 Å². The Morgan fingerprint density at radius 2 is 1.92 bits per heavy atom. The molecule has 0 radical (unpaired) electrons. The molecule has 2 aromatic rings.